The molecular formula is C13H17FN2O2. The SMILES string of the molecule is CCN(Cc1c(F)cccc1[N+](=O)[O-])CC1CC1. The van der Waals surface area contributed by atoms with Gasteiger partial charge >= 0.3 is 0 Å². The van der Waals surface area contributed by atoms with Crippen LogP contribution in [0.15, 0.2) is 18.2 Å². The Labute approximate surface area is 106 Å². The van der Waals surface area contributed by atoms with Crippen LogP contribution in [0.3, 0.4) is 0 Å². The van der Waals surface area contributed by atoms with E-state index in [-0.39, 0.29) is 11.3 Å². The Kier molecular flexibility index (Phi) is 3.91. The molecule has 0 atom stereocenters. The molecule has 1 aliphatic carbocycles. The first-order valence-corrected chi connectivity index (χ1v) is 6.26. The maximum absolute atomic E-state index is 13.7. The normalized spacial score (nSPS) is 15.1. The molecule has 0 aliphatic heterocycles. The van der Waals surface area contributed by atoms with Gasteiger partial charge in [-0.05, 0) is 31.4 Å². The van der Waals surface area contributed by atoms with Crippen molar-refractivity contribution in [2.75, 3.05) is 13.1 Å². The molecule has 2 rings (SSSR count). The Hall–Kier alpha value is -1.49. The van der Waals surface area contributed by atoms with Gasteiger partial charge in [0.25, 0.3) is 5.69 Å². The van der Waals surface area contributed by atoms with Crippen molar-refractivity contribution in [2.45, 2.75) is 26.3 Å². The zero-order valence-corrected chi connectivity index (χ0v) is 10.4. The van der Waals surface area contributed by atoms with E-state index in [1.807, 2.05) is 6.92 Å². The van der Waals surface area contributed by atoms with Crippen LogP contribution in [0, 0.1) is 21.8 Å². The number of hydrogen-bond donors (Lipinski definition) is 0. The summed E-state index contributed by atoms with van der Waals surface area (Å²) in [4.78, 5) is 12.5. The zero-order valence-electron chi connectivity index (χ0n) is 10.4. The smallest absolute Gasteiger partial charge is 0.276 e. The van der Waals surface area contributed by atoms with E-state index in [0.717, 1.165) is 13.1 Å². The summed E-state index contributed by atoms with van der Waals surface area (Å²) in [6, 6.07) is 4.03. The molecule has 1 aromatic carbocycles. The number of nitro benzene ring substituents is 1. The van der Waals surface area contributed by atoms with E-state index in [0.29, 0.717) is 12.5 Å². The second-order valence-corrected chi connectivity index (χ2v) is 4.77. The molecule has 1 aliphatic rings. The summed E-state index contributed by atoms with van der Waals surface area (Å²) in [5, 5.41) is 10.9. The summed E-state index contributed by atoms with van der Waals surface area (Å²) >= 11 is 0. The van der Waals surface area contributed by atoms with Gasteiger partial charge in [0, 0.05) is 19.2 Å². The summed E-state index contributed by atoms with van der Waals surface area (Å²) < 4.78 is 13.7. The van der Waals surface area contributed by atoms with Crippen LogP contribution in [0.5, 0.6) is 0 Å². The van der Waals surface area contributed by atoms with Crippen LogP contribution in [0.4, 0.5) is 10.1 Å². The molecule has 0 heterocycles. The van der Waals surface area contributed by atoms with Crippen molar-refractivity contribution >= 4 is 5.69 Å². The third-order valence-electron chi connectivity index (χ3n) is 3.33. The number of nitrogens with zero attached hydrogens (tertiary/aromatic N) is 2. The molecule has 1 aromatic rings. The molecule has 5 heteroatoms. The van der Waals surface area contributed by atoms with Gasteiger partial charge in [-0.2, -0.15) is 0 Å². The van der Waals surface area contributed by atoms with Crippen LogP contribution in [0.2, 0.25) is 0 Å². The predicted molar refractivity (Wildman–Crippen MR) is 66.7 cm³/mol. The topological polar surface area (TPSA) is 46.4 Å². The molecule has 4 nitrogen and oxygen atoms in total. The average Bonchev–Trinajstić information content (AvgIpc) is 3.14. The summed E-state index contributed by atoms with van der Waals surface area (Å²) in [6.45, 7) is 4.00. The fourth-order valence-corrected chi connectivity index (χ4v) is 2.07. The van der Waals surface area contributed by atoms with Crippen LogP contribution < -0.4 is 0 Å². The fraction of sp³-hybridized carbons (Fsp3) is 0.538. The minimum atomic E-state index is -0.511. The van der Waals surface area contributed by atoms with E-state index in [9.17, 15) is 14.5 Å². The molecule has 0 bridgehead atoms. The van der Waals surface area contributed by atoms with Gasteiger partial charge in [-0.1, -0.05) is 13.0 Å². The van der Waals surface area contributed by atoms with Crippen molar-refractivity contribution in [3.8, 4) is 0 Å². The van der Waals surface area contributed by atoms with Crippen LogP contribution in [-0.4, -0.2) is 22.9 Å². The first-order chi connectivity index (χ1) is 8.61. The number of rotatable bonds is 6. The Morgan fingerprint density at radius 2 is 2.22 bits per heavy atom. The molecule has 0 N–H and O–H groups in total. The number of benzene rings is 1. The van der Waals surface area contributed by atoms with Crippen molar-refractivity contribution in [3.05, 3.63) is 39.7 Å². The first kappa shape index (κ1) is 13.0. The number of halogens is 1. The maximum Gasteiger partial charge on any atom is 0.276 e. The van der Waals surface area contributed by atoms with E-state index < -0.39 is 10.7 Å². The van der Waals surface area contributed by atoms with Gasteiger partial charge in [-0.3, -0.25) is 15.0 Å². The molecular weight excluding hydrogens is 235 g/mol. The second kappa shape index (κ2) is 5.44. The monoisotopic (exact) mass is 252 g/mol. The molecule has 18 heavy (non-hydrogen) atoms. The lowest BCUT2D eigenvalue weighted by Gasteiger charge is -2.20. The third kappa shape index (κ3) is 3.04. The fourth-order valence-electron chi connectivity index (χ4n) is 2.07. The van der Waals surface area contributed by atoms with Crippen molar-refractivity contribution in [2.24, 2.45) is 5.92 Å². The van der Waals surface area contributed by atoms with Crippen molar-refractivity contribution in [3.63, 3.8) is 0 Å². The maximum atomic E-state index is 13.7. The van der Waals surface area contributed by atoms with Gasteiger partial charge in [0.05, 0.1) is 10.5 Å². The summed E-state index contributed by atoms with van der Waals surface area (Å²) in [5.41, 5.74) is 0.0780. The minimum Gasteiger partial charge on any atom is -0.299 e. The molecule has 1 saturated carbocycles. The number of hydrogen-bond acceptors (Lipinski definition) is 3. The predicted octanol–water partition coefficient (Wildman–Crippen LogP) is 2.97. The molecule has 0 aromatic heterocycles. The minimum absolute atomic E-state index is 0.121. The van der Waals surface area contributed by atoms with Gasteiger partial charge in [0.1, 0.15) is 5.82 Å². The largest absolute Gasteiger partial charge is 0.299 e. The Morgan fingerprint density at radius 3 is 2.78 bits per heavy atom. The molecule has 0 radical (unpaired) electrons. The van der Waals surface area contributed by atoms with Gasteiger partial charge < -0.3 is 0 Å². The van der Waals surface area contributed by atoms with Crippen LogP contribution in [0.1, 0.15) is 25.3 Å². The Morgan fingerprint density at radius 1 is 1.50 bits per heavy atom. The third-order valence-corrected chi connectivity index (χ3v) is 3.33. The lowest BCUT2D eigenvalue weighted by atomic mass is 10.1. The van der Waals surface area contributed by atoms with Crippen molar-refractivity contribution < 1.29 is 9.31 Å². The summed E-state index contributed by atoms with van der Waals surface area (Å²) in [6.07, 6.45) is 2.44. The highest BCUT2D eigenvalue weighted by atomic mass is 19.1. The molecule has 1 fully saturated rings. The van der Waals surface area contributed by atoms with Gasteiger partial charge in [0.15, 0.2) is 0 Å². The van der Waals surface area contributed by atoms with Gasteiger partial charge in [-0.15, -0.1) is 0 Å². The van der Waals surface area contributed by atoms with Gasteiger partial charge in [0.2, 0.25) is 0 Å². The van der Waals surface area contributed by atoms with E-state index in [2.05, 4.69) is 4.90 Å². The standard InChI is InChI=1S/C13H17FN2O2/c1-2-15(8-10-6-7-10)9-11-12(14)4-3-5-13(11)16(17)18/h3-5,10H,2,6-9H2,1H3. The highest BCUT2D eigenvalue weighted by Crippen LogP contribution is 2.31. The lowest BCUT2D eigenvalue weighted by molar-refractivity contribution is -0.386. The second-order valence-electron chi connectivity index (χ2n) is 4.77. The van der Waals surface area contributed by atoms with Crippen LogP contribution in [0.25, 0.3) is 0 Å². The van der Waals surface area contributed by atoms with E-state index in [4.69, 9.17) is 0 Å². The van der Waals surface area contributed by atoms with Crippen molar-refractivity contribution in [1.29, 1.82) is 0 Å². The Balaban J connectivity index is 2.17. The average molecular weight is 252 g/mol. The molecule has 0 spiro atoms. The van der Waals surface area contributed by atoms with E-state index in [1.54, 1.807) is 0 Å². The molecule has 0 unspecified atom stereocenters. The highest BCUT2D eigenvalue weighted by molar-refractivity contribution is 5.40. The van der Waals surface area contributed by atoms with E-state index >= 15 is 0 Å². The zero-order chi connectivity index (χ0) is 13.1. The Bertz CT molecular complexity index is 447. The summed E-state index contributed by atoms with van der Waals surface area (Å²) in [5.74, 6) is 0.203. The summed E-state index contributed by atoms with van der Waals surface area (Å²) in [7, 11) is 0. The van der Waals surface area contributed by atoms with Gasteiger partial charge in [-0.25, -0.2) is 4.39 Å². The van der Waals surface area contributed by atoms with Crippen molar-refractivity contribution in [1.82, 2.24) is 4.90 Å². The van der Waals surface area contributed by atoms with E-state index in [1.165, 1.54) is 31.0 Å². The molecule has 0 saturated heterocycles. The highest BCUT2D eigenvalue weighted by Gasteiger charge is 2.26. The van der Waals surface area contributed by atoms with Crippen LogP contribution in [-0.2, 0) is 6.54 Å². The van der Waals surface area contributed by atoms with Crippen LogP contribution >= 0.6 is 0 Å². The number of nitro groups is 1. The molecule has 98 valence electrons. The molecule has 0 amide bonds. The first-order valence-electron chi connectivity index (χ1n) is 6.26. The lowest BCUT2D eigenvalue weighted by Crippen LogP contribution is -2.26. The quantitative estimate of drug-likeness (QED) is 0.577.